The van der Waals surface area contributed by atoms with Gasteiger partial charge in [-0.15, -0.1) is 0 Å². The highest BCUT2D eigenvalue weighted by Crippen LogP contribution is 2.29. The van der Waals surface area contributed by atoms with Gasteiger partial charge in [-0.3, -0.25) is 9.78 Å². The maximum Gasteiger partial charge on any atom is 0.417 e. The zero-order valence-corrected chi connectivity index (χ0v) is 18.8. The molecular formula is C25H21F4N5O. The summed E-state index contributed by atoms with van der Waals surface area (Å²) in [6.07, 6.45) is -3.81. The maximum absolute atomic E-state index is 13.8. The summed E-state index contributed by atoms with van der Waals surface area (Å²) in [5.41, 5.74) is 7.19. The molecule has 1 amide bonds. The molecule has 35 heavy (non-hydrogen) atoms. The van der Waals surface area contributed by atoms with Crippen molar-refractivity contribution < 1.29 is 22.4 Å². The van der Waals surface area contributed by atoms with Crippen molar-refractivity contribution >= 4 is 22.6 Å². The third-order valence-corrected chi connectivity index (χ3v) is 5.67. The predicted octanol–water partition coefficient (Wildman–Crippen LogP) is 5.48. The molecule has 2 N–H and O–H groups in total. The zero-order chi connectivity index (χ0) is 25.3. The Hall–Kier alpha value is -4.08. The number of aryl methyl sites for hydroxylation is 1. The van der Waals surface area contributed by atoms with Gasteiger partial charge in [0.15, 0.2) is 0 Å². The lowest BCUT2D eigenvalue weighted by molar-refractivity contribution is -0.137. The maximum atomic E-state index is 13.8. The van der Waals surface area contributed by atoms with Crippen molar-refractivity contribution in [2.24, 2.45) is 0 Å². The molecule has 0 aliphatic carbocycles. The Labute approximate surface area is 198 Å². The lowest BCUT2D eigenvalue weighted by atomic mass is 10.1. The van der Waals surface area contributed by atoms with Crippen LogP contribution in [0.5, 0.6) is 0 Å². The number of anilines is 1. The Morgan fingerprint density at radius 1 is 1.09 bits per heavy atom. The number of nitrogens with two attached hydrogens (primary N) is 1. The van der Waals surface area contributed by atoms with Crippen LogP contribution in [0.3, 0.4) is 0 Å². The fourth-order valence-electron chi connectivity index (χ4n) is 3.66. The molecule has 4 rings (SSSR count). The lowest BCUT2D eigenvalue weighted by Gasteiger charge is -2.29. The fraction of sp³-hybridized carbons (Fsp3) is 0.200. The van der Waals surface area contributed by atoms with Crippen molar-refractivity contribution in [3.8, 4) is 0 Å². The third kappa shape index (κ3) is 5.21. The van der Waals surface area contributed by atoms with Gasteiger partial charge in [0.1, 0.15) is 5.82 Å². The van der Waals surface area contributed by atoms with E-state index in [-0.39, 0.29) is 17.9 Å². The number of nitrogens with zero attached hydrogens (tertiary/aromatic N) is 4. The minimum absolute atomic E-state index is 0.118. The molecule has 1 unspecified atom stereocenters. The summed E-state index contributed by atoms with van der Waals surface area (Å²) in [6.45, 7) is 3.35. The Bertz CT molecular complexity index is 1390. The highest BCUT2D eigenvalue weighted by Gasteiger charge is 2.31. The molecular weight excluding hydrogens is 462 g/mol. The molecule has 0 radical (unpaired) electrons. The second-order valence-corrected chi connectivity index (χ2v) is 8.13. The third-order valence-electron chi connectivity index (χ3n) is 5.67. The van der Waals surface area contributed by atoms with Crippen molar-refractivity contribution in [1.82, 2.24) is 19.9 Å². The molecule has 0 saturated carbocycles. The van der Waals surface area contributed by atoms with Crippen molar-refractivity contribution in [2.75, 3.05) is 5.73 Å². The number of hydrogen-bond acceptors (Lipinski definition) is 5. The molecule has 0 aliphatic heterocycles. The van der Waals surface area contributed by atoms with Gasteiger partial charge >= 0.3 is 6.18 Å². The number of pyridine rings is 3. The van der Waals surface area contributed by atoms with Crippen LogP contribution >= 0.6 is 0 Å². The topological polar surface area (TPSA) is 85.0 Å². The number of nitrogen functional groups attached to an aromatic ring is 1. The van der Waals surface area contributed by atoms with Crippen LogP contribution in [-0.2, 0) is 12.7 Å². The van der Waals surface area contributed by atoms with Crippen LogP contribution in [0.15, 0.2) is 60.8 Å². The average molecular weight is 483 g/mol. The SMILES string of the molecule is Cc1cc2cc(C(=O)N(Cc3ccc(C(F)(F)F)cn3)C(C)c3cccc(F)n3)ccc2nc1N. The van der Waals surface area contributed by atoms with Crippen LogP contribution in [0, 0.1) is 12.9 Å². The van der Waals surface area contributed by atoms with Crippen LogP contribution in [0.25, 0.3) is 10.9 Å². The summed E-state index contributed by atoms with van der Waals surface area (Å²) in [4.78, 5) is 27.1. The number of halogens is 4. The van der Waals surface area contributed by atoms with Crippen LogP contribution in [0.2, 0.25) is 0 Å². The van der Waals surface area contributed by atoms with Gasteiger partial charge in [-0.2, -0.15) is 17.6 Å². The molecule has 3 heterocycles. The van der Waals surface area contributed by atoms with E-state index in [1.165, 1.54) is 23.1 Å². The summed E-state index contributed by atoms with van der Waals surface area (Å²) < 4.78 is 52.6. The minimum Gasteiger partial charge on any atom is -0.383 e. The van der Waals surface area contributed by atoms with E-state index in [4.69, 9.17) is 5.73 Å². The van der Waals surface area contributed by atoms with Crippen LogP contribution in [0.1, 0.15) is 45.8 Å². The highest BCUT2D eigenvalue weighted by molar-refractivity contribution is 5.98. The van der Waals surface area contributed by atoms with Crippen molar-refractivity contribution in [3.05, 3.63) is 94.8 Å². The van der Waals surface area contributed by atoms with Gasteiger partial charge in [0.25, 0.3) is 5.91 Å². The van der Waals surface area contributed by atoms with Crippen molar-refractivity contribution in [2.45, 2.75) is 32.6 Å². The largest absolute Gasteiger partial charge is 0.417 e. The first-order valence-corrected chi connectivity index (χ1v) is 10.7. The molecule has 1 atom stereocenters. The van der Waals surface area contributed by atoms with Crippen LogP contribution in [-0.4, -0.2) is 25.8 Å². The number of rotatable bonds is 5. The predicted molar refractivity (Wildman–Crippen MR) is 123 cm³/mol. The molecule has 6 nitrogen and oxygen atoms in total. The fourth-order valence-corrected chi connectivity index (χ4v) is 3.66. The van der Waals surface area contributed by atoms with Crippen molar-refractivity contribution in [3.63, 3.8) is 0 Å². The van der Waals surface area contributed by atoms with E-state index in [2.05, 4.69) is 15.0 Å². The lowest BCUT2D eigenvalue weighted by Crippen LogP contribution is -2.34. The van der Waals surface area contributed by atoms with Gasteiger partial charge in [0.05, 0.1) is 35.1 Å². The Kier molecular flexibility index (Phi) is 6.38. The van der Waals surface area contributed by atoms with E-state index in [1.807, 2.05) is 6.07 Å². The molecule has 0 bridgehead atoms. The van der Waals surface area contributed by atoms with Gasteiger partial charge in [0.2, 0.25) is 5.95 Å². The first-order valence-electron chi connectivity index (χ1n) is 10.7. The molecule has 10 heteroatoms. The van der Waals surface area contributed by atoms with E-state index in [0.717, 1.165) is 17.8 Å². The standard InChI is InChI=1S/C25H21F4N5O/c1-14-10-17-11-16(6-9-21(17)33-23(14)30)24(35)34(15(2)20-4-3-5-22(26)32-20)13-19-8-7-18(12-31-19)25(27,28)29/h3-12,15H,13H2,1-2H3,(H2,30,33). The molecule has 1 aromatic carbocycles. The number of hydrogen-bond donors (Lipinski definition) is 1. The molecule has 0 saturated heterocycles. The number of carbonyl (C=O) groups excluding carboxylic acids is 1. The summed E-state index contributed by atoms with van der Waals surface area (Å²) >= 11 is 0. The highest BCUT2D eigenvalue weighted by atomic mass is 19.4. The monoisotopic (exact) mass is 483 g/mol. The van der Waals surface area contributed by atoms with Gasteiger partial charge in [0, 0.05) is 17.1 Å². The molecule has 0 fully saturated rings. The van der Waals surface area contributed by atoms with E-state index in [1.54, 1.807) is 38.1 Å². The second kappa shape index (κ2) is 9.28. The Morgan fingerprint density at radius 3 is 2.51 bits per heavy atom. The van der Waals surface area contributed by atoms with E-state index in [0.29, 0.717) is 22.3 Å². The zero-order valence-electron chi connectivity index (χ0n) is 18.8. The quantitative estimate of drug-likeness (QED) is 0.300. The van der Waals surface area contributed by atoms with E-state index in [9.17, 15) is 22.4 Å². The van der Waals surface area contributed by atoms with Gasteiger partial charge in [-0.25, -0.2) is 9.97 Å². The molecule has 0 spiro atoms. The molecule has 180 valence electrons. The number of alkyl halides is 3. The normalized spacial score (nSPS) is 12.5. The van der Waals surface area contributed by atoms with Crippen LogP contribution < -0.4 is 5.73 Å². The molecule has 4 aromatic rings. The number of amides is 1. The number of aromatic nitrogens is 3. The summed E-state index contributed by atoms with van der Waals surface area (Å²) in [5.74, 6) is -0.752. The number of benzene rings is 1. The van der Waals surface area contributed by atoms with E-state index < -0.39 is 29.6 Å². The second-order valence-electron chi connectivity index (χ2n) is 8.13. The first-order chi connectivity index (χ1) is 16.5. The summed E-state index contributed by atoms with van der Waals surface area (Å²) in [6, 6.07) is 12.4. The molecule has 3 aromatic heterocycles. The van der Waals surface area contributed by atoms with Crippen LogP contribution in [0.4, 0.5) is 23.4 Å². The average Bonchev–Trinajstić information content (AvgIpc) is 2.82. The van der Waals surface area contributed by atoms with Gasteiger partial charge < -0.3 is 10.6 Å². The molecule has 0 aliphatic rings. The van der Waals surface area contributed by atoms with Crippen molar-refractivity contribution in [1.29, 1.82) is 0 Å². The summed E-state index contributed by atoms with van der Waals surface area (Å²) in [5, 5.41) is 0.701. The Morgan fingerprint density at radius 2 is 1.86 bits per heavy atom. The van der Waals surface area contributed by atoms with E-state index >= 15 is 0 Å². The minimum atomic E-state index is -4.53. The number of fused-ring (bicyclic) bond motifs is 1. The smallest absolute Gasteiger partial charge is 0.383 e. The van der Waals surface area contributed by atoms with Gasteiger partial charge in [-0.1, -0.05) is 6.07 Å². The Balaban J connectivity index is 1.72. The van der Waals surface area contributed by atoms with Gasteiger partial charge in [-0.05, 0) is 67.9 Å². The summed E-state index contributed by atoms with van der Waals surface area (Å²) in [7, 11) is 0. The number of carbonyl (C=O) groups is 1. The first kappa shape index (κ1) is 24.1.